The molecule has 0 saturated heterocycles. The second-order valence-corrected chi connectivity index (χ2v) is 3.51. The van der Waals surface area contributed by atoms with Crippen LogP contribution in [-0.4, -0.2) is 22.5 Å². The molecule has 1 heteroatoms. The van der Waals surface area contributed by atoms with Gasteiger partial charge in [0.2, 0.25) is 0 Å². The van der Waals surface area contributed by atoms with E-state index in [9.17, 15) is 0 Å². The molecule has 8 heavy (non-hydrogen) atoms. The molecular formula is C7H7Sn+3. The maximum atomic E-state index is 2.16. The van der Waals surface area contributed by atoms with Crippen molar-refractivity contribution in [3.05, 3.63) is 29.8 Å². The fraction of sp³-hybridized carbons (Fsp3) is 0.143. The first-order chi connectivity index (χ1) is 3.79. The number of hydrogen-bond donors (Lipinski definition) is 0. The van der Waals surface area contributed by atoms with Crippen LogP contribution in [0.15, 0.2) is 24.3 Å². The first-order valence-electron chi connectivity index (χ1n) is 2.57. The van der Waals surface area contributed by atoms with Crippen LogP contribution >= 0.6 is 0 Å². The second-order valence-electron chi connectivity index (χ2n) is 1.87. The van der Waals surface area contributed by atoms with Crippen molar-refractivity contribution >= 4 is 26.1 Å². The van der Waals surface area contributed by atoms with E-state index in [2.05, 4.69) is 31.2 Å². The third kappa shape index (κ3) is 1.51. The standard InChI is InChI=1S/C7H7.Sn/c1-7-5-3-2-4-6-7;/h3-6H,1H3;/q;+3. The van der Waals surface area contributed by atoms with Crippen molar-refractivity contribution in [3.8, 4) is 0 Å². The van der Waals surface area contributed by atoms with Gasteiger partial charge in [-0.2, -0.15) is 0 Å². The molecule has 0 aliphatic heterocycles. The average molecular weight is 210 g/mol. The van der Waals surface area contributed by atoms with Crippen molar-refractivity contribution in [2.24, 2.45) is 0 Å². The molecular weight excluding hydrogens is 203 g/mol. The molecule has 0 heterocycles. The van der Waals surface area contributed by atoms with Crippen LogP contribution in [-0.2, 0) is 0 Å². The molecule has 0 amide bonds. The quantitative estimate of drug-likeness (QED) is 0.555. The van der Waals surface area contributed by atoms with E-state index in [-0.39, 0.29) is 0 Å². The van der Waals surface area contributed by atoms with E-state index in [1.54, 1.807) is 0 Å². The van der Waals surface area contributed by atoms with Gasteiger partial charge in [0.05, 0.1) is 0 Å². The first kappa shape index (κ1) is 6.14. The van der Waals surface area contributed by atoms with Crippen LogP contribution in [0.2, 0.25) is 0 Å². The van der Waals surface area contributed by atoms with Crippen LogP contribution in [0.4, 0.5) is 0 Å². The molecule has 0 aromatic heterocycles. The van der Waals surface area contributed by atoms with Crippen molar-refractivity contribution in [1.29, 1.82) is 0 Å². The molecule has 0 fully saturated rings. The van der Waals surface area contributed by atoms with E-state index in [1.807, 2.05) is 0 Å². The van der Waals surface area contributed by atoms with Crippen molar-refractivity contribution < 1.29 is 0 Å². The molecule has 1 rings (SSSR count). The molecule has 0 aliphatic carbocycles. The topological polar surface area (TPSA) is 0 Å². The van der Waals surface area contributed by atoms with Crippen LogP contribution in [0.5, 0.6) is 0 Å². The molecule has 0 N–H and O–H groups in total. The van der Waals surface area contributed by atoms with E-state index in [0.717, 1.165) is 0 Å². The Morgan fingerprint density at radius 1 is 1.12 bits per heavy atom. The van der Waals surface area contributed by atoms with Gasteiger partial charge in [-0.1, -0.05) is 0 Å². The monoisotopic (exact) mass is 211 g/mol. The molecule has 0 saturated carbocycles. The van der Waals surface area contributed by atoms with Gasteiger partial charge in [-0.05, 0) is 0 Å². The van der Waals surface area contributed by atoms with E-state index < -0.39 is 0 Å². The normalized spacial score (nSPS) is 9.38. The van der Waals surface area contributed by atoms with Gasteiger partial charge in [0, 0.05) is 0 Å². The molecule has 0 radical (unpaired) electrons. The molecule has 0 aliphatic rings. The van der Waals surface area contributed by atoms with Crippen LogP contribution < -0.4 is 3.58 Å². The van der Waals surface area contributed by atoms with E-state index in [1.165, 1.54) is 31.7 Å². The Kier molecular flexibility index (Phi) is 1.95. The summed E-state index contributed by atoms with van der Waals surface area (Å²) in [7, 11) is 0. The van der Waals surface area contributed by atoms with Gasteiger partial charge in [0.25, 0.3) is 0 Å². The van der Waals surface area contributed by atoms with Crippen molar-refractivity contribution in [2.75, 3.05) is 0 Å². The van der Waals surface area contributed by atoms with Gasteiger partial charge in [0.1, 0.15) is 0 Å². The predicted octanol–water partition coefficient (Wildman–Crippen LogP) is 0.789. The zero-order valence-corrected chi connectivity index (χ0v) is 7.66. The Balaban J connectivity index is 3.03. The number of benzene rings is 1. The molecule has 1 aromatic rings. The van der Waals surface area contributed by atoms with Crippen molar-refractivity contribution in [1.82, 2.24) is 0 Å². The SMILES string of the molecule is Cc1cc[c]([Sn+3])cc1. The average Bonchev–Trinajstić information content (AvgIpc) is 1.77. The van der Waals surface area contributed by atoms with E-state index in [4.69, 9.17) is 0 Å². The summed E-state index contributed by atoms with van der Waals surface area (Å²) in [6.45, 7) is 2.11. The minimum atomic E-state index is 1.34. The Hall–Kier alpha value is 0.0187. The summed E-state index contributed by atoms with van der Waals surface area (Å²) in [6, 6.07) is 8.61. The second kappa shape index (κ2) is 2.53. The minimum absolute atomic E-state index is 1.34. The van der Waals surface area contributed by atoms with Gasteiger partial charge < -0.3 is 0 Å². The summed E-state index contributed by atoms with van der Waals surface area (Å²) >= 11 is 1.50. The van der Waals surface area contributed by atoms with Gasteiger partial charge in [-0.15, -0.1) is 0 Å². The zero-order chi connectivity index (χ0) is 5.98. The van der Waals surface area contributed by atoms with E-state index >= 15 is 0 Å². The number of rotatable bonds is 0. The summed E-state index contributed by atoms with van der Waals surface area (Å²) in [4.78, 5) is 0. The van der Waals surface area contributed by atoms with Crippen molar-refractivity contribution in [3.63, 3.8) is 0 Å². The molecule has 0 unspecified atom stereocenters. The van der Waals surface area contributed by atoms with Crippen LogP contribution in [0, 0.1) is 6.92 Å². The summed E-state index contributed by atoms with van der Waals surface area (Å²) < 4.78 is 1.42. The van der Waals surface area contributed by atoms with Gasteiger partial charge >= 0.3 is 62.9 Å². The van der Waals surface area contributed by atoms with Gasteiger partial charge in [-0.25, -0.2) is 0 Å². The molecule has 0 nitrogen and oxygen atoms in total. The fourth-order valence-corrected chi connectivity index (χ4v) is 1.03. The van der Waals surface area contributed by atoms with Gasteiger partial charge in [-0.3, -0.25) is 0 Å². The molecule has 0 bridgehead atoms. The number of hydrogen-bond acceptors (Lipinski definition) is 0. The predicted molar refractivity (Wildman–Crippen MR) is 36.6 cm³/mol. The Labute approximate surface area is 63.0 Å². The summed E-state index contributed by atoms with van der Waals surface area (Å²) in [6.07, 6.45) is 0. The third-order valence-corrected chi connectivity index (χ3v) is 2.00. The Morgan fingerprint density at radius 3 is 2.00 bits per heavy atom. The molecule has 0 spiro atoms. The summed E-state index contributed by atoms with van der Waals surface area (Å²) in [5.41, 5.74) is 1.34. The fourth-order valence-electron chi connectivity index (χ4n) is 0.554. The summed E-state index contributed by atoms with van der Waals surface area (Å²) in [5, 5.41) is 0. The first-order valence-corrected chi connectivity index (χ1v) is 4.00. The van der Waals surface area contributed by atoms with E-state index in [0.29, 0.717) is 0 Å². The Bertz CT molecular complexity index is 143. The Morgan fingerprint density at radius 2 is 1.62 bits per heavy atom. The van der Waals surface area contributed by atoms with Gasteiger partial charge in [0.15, 0.2) is 0 Å². The van der Waals surface area contributed by atoms with Crippen LogP contribution in [0.1, 0.15) is 5.56 Å². The molecule has 36 valence electrons. The molecule has 0 atom stereocenters. The summed E-state index contributed by atoms with van der Waals surface area (Å²) in [5.74, 6) is 0. The van der Waals surface area contributed by atoms with Crippen LogP contribution in [0.25, 0.3) is 0 Å². The maximum absolute atomic E-state index is 2.16. The number of aryl methyl sites for hydroxylation is 1. The van der Waals surface area contributed by atoms with Crippen LogP contribution in [0.3, 0.4) is 0 Å². The zero-order valence-electron chi connectivity index (χ0n) is 4.81. The molecule has 1 aromatic carbocycles. The third-order valence-electron chi connectivity index (χ3n) is 1.05. The van der Waals surface area contributed by atoms with Crippen molar-refractivity contribution in [2.45, 2.75) is 6.92 Å².